The van der Waals surface area contributed by atoms with E-state index in [9.17, 15) is 14.9 Å². The van der Waals surface area contributed by atoms with E-state index in [1.165, 1.54) is 17.3 Å². The van der Waals surface area contributed by atoms with Crippen LogP contribution in [0.25, 0.3) is 0 Å². The van der Waals surface area contributed by atoms with Gasteiger partial charge in [0, 0.05) is 17.7 Å². The number of Topliss-reactive ketones (excluding diaryl/α,β-unsaturated/α-hetero) is 1. The average Bonchev–Trinajstić information content (AvgIpc) is 2.62. The number of nitrogens with one attached hydrogen (secondary N) is 1. The molecular formula is C20H19N3O2S. The van der Waals surface area contributed by atoms with E-state index < -0.39 is 0 Å². The first-order valence-corrected chi connectivity index (χ1v) is 9.43. The normalized spacial score (nSPS) is 13.0. The minimum Gasteiger partial charge on any atom is -0.325 e. The number of ketones is 1. The number of aryl methyl sites for hydroxylation is 3. The predicted octanol–water partition coefficient (Wildman–Crippen LogP) is 3.82. The van der Waals surface area contributed by atoms with Gasteiger partial charge in [-0.2, -0.15) is 5.26 Å². The Morgan fingerprint density at radius 1 is 1.27 bits per heavy atom. The van der Waals surface area contributed by atoms with Gasteiger partial charge in [0.25, 0.3) is 0 Å². The van der Waals surface area contributed by atoms with Gasteiger partial charge in [-0.3, -0.25) is 9.59 Å². The number of carbonyl (C=O) groups is 2. The highest BCUT2D eigenvalue weighted by Gasteiger charge is 2.21. The fraction of sp³-hybridized carbons (Fsp3) is 0.300. The van der Waals surface area contributed by atoms with Crippen LogP contribution in [0.2, 0.25) is 0 Å². The lowest BCUT2D eigenvalue weighted by Crippen LogP contribution is -2.16. The van der Waals surface area contributed by atoms with Gasteiger partial charge in [0.05, 0.1) is 17.0 Å². The Morgan fingerprint density at radius 2 is 2.08 bits per heavy atom. The topological polar surface area (TPSA) is 82.8 Å². The number of hydrogen-bond acceptors (Lipinski definition) is 5. The Hall–Kier alpha value is -2.65. The van der Waals surface area contributed by atoms with Gasteiger partial charge >= 0.3 is 0 Å². The van der Waals surface area contributed by atoms with E-state index in [4.69, 9.17) is 0 Å². The highest BCUT2D eigenvalue weighted by Crippen LogP contribution is 2.27. The van der Waals surface area contributed by atoms with Gasteiger partial charge in [-0.25, -0.2) is 4.98 Å². The first-order chi connectivity index (χ1) is 12.5. The second-order valence-corrected chi connectivity index (χ2v) is 7.32. The van der Waals surface area contributed by atoms with E-state index in [-0.39, 0.29) is 17.4 Å². The third-order valence-corrected chi connectivity index (χ3v) is 5.43. The molecule has 1 amide bonds. The van der Waals surface area contributed by atoms with Crippen molar-refractivity contribution < 1.29 is 9.59 Å². The van der Waals surface area contributed by atoms with E-state index in [1.807, 2.05) is 32.0 Å². The highest BCUT2D eigenvalue weighted by atomic mass is 32.2. The number of nitrogens with zero attached hydrogens (tertiary/aromatic N) is 2. The van der Waals surface area contributed by atoms with Crippen LogP contribution in [0.5, 0.6) is 0 Å². The molecule has 132 valence electrons. The Kier molecular flexibility index (Phi) is 5.38. The Balaban J connectivity index is 1.71. The van der Waals surface area contributed by atoms with Crippen LogP contribution >= 0.6 is 11.8 Å². The number of rotatable bonds is 4. The molecule has 1 aromatic carbocycles. The third kappa shape index (κ3) is 3.94. The van der Waals surface area contributed by atoms with Crippen molar-refractivity contribution in [3.05, 3.63) is 52.2 Å². The van der Waals surface area contributed by atoms with Crippen LogP contribution in [0.4, 0.5) is 5.69 Å². The van der Waals surface area contributed by atoms with Crippen LogP contribution in [-0.2, 0) is 11.2 Å². The average molecular weight is 365 g/mol. The highest BCUT2D eigenvalue weighted by molar-refractivity contribution is 8.00. The van der Waals surface area contributed by atoms with Crippen LogP contribution in [0.1, 0.15) is 45.6 Å². The summed E-state index contributed by atoms with van der Waals surface area (Å²) in [6, 6.07) is 9.47. The molecular weight excluding hydrogens is 346 g/mol. The Bertz CT molecular complexity index is 931. The summed E-state index contributed by atoms with van der Waals surface area (Å²) in [6.45, 7) is 4.02. The molecule has 6 heteroatoms. The lowest BCUT2D eigenvalue weighted by molar-refractivity contribution is -0.113. The number of nitriles is 1. The van der Waals surface area contributed by atoms with Crippen LogP contribution in [-0.4, -0.2) is 22.4 Å². The molecule has 0 saturated heterocycles. The molecule has 0 fully saturated rings. The summed E-state index contributed by atoms with van der Waals surface area (Å²) in [5.41, 5.74) is 4.67. The van der Waals surface area contributed by atoms with Gasteiger partial charge in [0.2, 0.25) is 5.91 Å². The number of pyridine rings is 1. The van der Waals surface area contributed by atoms with Crippen molar-refractivity contribution in [3.63, 3.8) is 0 Å². The molecule has 0 aliphatic heterocycles. The van der Waals surface area contributed by atoms with Crippen molar-refractivity contribution in [3.8, 4) is 6.07 Å². The van der Waals surface area contributed by atoms with Crippen molar-refractivity contribution in [2.45, 2.75) is 38.1 Å². The second kappa shape index (κ2) is 7.71. The van der Waals surface area contributed by atoms with E-state index in [0.29, 0.717) is 22.6 Å². The minimum atomic E-state index is -0.155. The molecule has 1 aromatic heterocycles. The molecule has 0 atom stereocenters. The molecule has 0 saturated carbocycles. The quantitative estimate of drug-likeness (QED) is 0.833. The summed E-state index contributed by atoms with van der Waals surface area (Å²) in [5.74, 6) is 0.0402. The van der Waals surface area contributed by atoms with E-state index >= 15 is 0 Å². The Labute approximate surface area is 156 Å². The third-order valence-electron chi connectivity index (χ3n) is 4.44. The first-order valence-electron chi connectivity index (χ1n) is 8.45. The number of anilines is 1. The molecule has 1 aliphatic rings. The molecule has 26 heavy (non-hydrogen) atoms. The van der Waals surface area contributed by atoms with Crippen LogP contribution in [0, 0.1) is 25.2 Å². The molecule has 0 spiro atoms. The molecule has 1 aliphatic carbocycles. The monoisotopic (exact) mass is 365 g/mol. The zero-order valence-electron chi connectivity index (χ0n) is 14.8. The van der Waals surface area contributed by atoms with Gasteiger partial charge < -0.3 is 5.32 Å². The van der Waals surface area contributed by atoms with E-state index in [0.717, 1.165) is 29.8 Å². The number of benzene rings is 1. The van der Waals surface area contributed by atoms with Crippen molar-refractivity contribution in [1.29, 1.82) is 5.26 Å². The van der Waals surface area contributed by atoms with Gasteiger partial charge in [-0.15, -0.1) is 0 Å². The van der Waals surface area contributed by atoms with Crippen molar-refractivity contribution in [2.75, 3.05) is 11.1 Å². The maximum absolute atomic E-state index is 12.2. The largest absolute Gasteiger partial charge is 0.325 e. The maximum Gasteiger partial charge on any atom is 0.234 e. The summed E-state index contributed by atoms with van der Waals surface area (Å²) in [4.78, 5) is 28.7. The number of aromatic nitrogens is 1. The second-order valence-electron chi connectivity index (χ2n) is 6.36. The molecule has 0 unspecified atom stereocenters. The summed E-state index contributed by atoms with van der Waals surface area (Å²) < 4.78 is 0. The zero-order valence-corrected chi connectivity index (χ0v) is 15.6. The molecule has 0 bridgehead atoms. The summed E-state index contributed by atoms with van der Waals surface area (Å²) in [6.07, 6.45) is 2.02. The smallest absolute Gasteiger partial charge is 0.234 e. The van der Waals surface area contributed by atoms with Gasteiger partial charge in [0.15, 0.2) is 5.78 Å². The SMILES string of the molecule is Cc1ccc(NC(=O)CSc2nc3c(cc2C#N)C(=O)CCC3)cc1C. The van der Waals surface area contributed by atoms with Crippen molar-refractivity contribution in [2.24, 2.45) is 0 Å². The zero-order chi connectivity index (χ0) is 18.7. The molecule has 2 aromatic rings. The van der Waals surface area contributed by atoms with E-state index in [2.05, 4.69) is 16.4 Å². The first kappa shape index (κ1) is 18.2. The lowest BCUT2D eigenvalue weighted by atomic mass is 9.94. The fourth-order valence-corrected chi connectivity index (χ4v) is 3.63. The standard InChI is InChI=1S/C20H19N3O2S/c1-12-6-7-15(8-13(12)2)22-19(25)11-26-20-14(10-21)9-16-17(23-20)4-3-5-18(16)24/h6-9H,3-5,11H2,1-2H3,(H,22,25). The van der Waals surface area contributed by atoms with Gasteiger partial charge in [0.1, 0.15) is 11.1 Å². The maximum atomic E-state index is 12.2. The number of fused-ring (bicyclic) bond motifs is 1. The van der Waals surface area contributed by atoms with Gasteiger partial charge in [-0.1, -0.05) is 17.8 Å². The minimum absolute atomic E-state index is 0.0410. The van der Waals surface area contributed by atoms with Crippen molar-refractivity contribution >= 4 is 29.1 Å². The summed E-state index contributed by atoms with van der Waals surface area (Å²) in [7, 11) is 0. The molecule has 1 N–H and O–H groups in total. The van der Waals surface area contributed by atoms with Crippen molar-refractivity contribution in [1.82, 2.24) is 4.98 Å². The number of amides is 1. The van der Waals surface area contributed by atoms with Crippen LogP contribution in [0.3, 0.4) is 0 Å². The number of hydrogen-bond donors (Lipinski definition) is 1. The summed E-state index contributed by atoms with van der Waals surface area (Å²) >= 11 is 1.22. The van der Waals surface area contributed by atoms with E-state index in [1.54, 1.807) is 6.07 Å². The number of carbonyl (C=O) groups excluding carboxylic acids is 2. The molecule has 1 heterocycles. The predicted molar refractivity (Wildman–Crippen MR) is 101 cm³/mol. The van der Waals surface area contributed by atoms with Gasteiger partial charge in [-0.05, 0) is 56.0 Å². The molecule has 5 nitrogen and oxygen atoms in total. The summed E-state index contributed by atoms with van der Waals surface area (Å²) in [5, 5.41) is 12.7. The Morgan fingerprint density at radius 3 is 2.81 bits per heavy atom. The number of thioether (sulfide) groups is 1. The van der Waals surface area contributed by atoms with Crippen LogP contribution in [0.15, 0.2) is 29.3 Å². The molecule has 3 rings (SSSR count). The fourth-order valence-electron chi connectivity index (χ4n) is 2.86. The lowest BCUT2D eigenvalue weighted by Gasteiger charge is -2.15. The van der Waals surface area contributed by atoms with Crippen LogP contribution < -0.4 is 5.32 Å². The molecule has 0 radical (unpaired) electrons.